The molecule has 0 aromatic rings. The molecule has 2 unspecified atom stereocenters. The molecule has 5 heteroatoms. The van der Waals surface area contributed by atoms with Crippen LogP contribution in [0.2, 0.25) is 12.6 Å². The molecular weight excluding hydrogens is 260 g/mol. The van der Waals surface area contributed by atoms with Gasteiger partial charge in [0.05, 0.1) is 0 Å². The minimum Gasteiger partial charge on any atom is -0.395 e. The summed E-state index contributed by atoms with van der Waals surface area (Å²) in [4.78, 5) is 0. The van der Waals surface area contributed by atoms with Crippen LogP contribution in [-0.4, -0.2) is 19.1 Å². The summed E-state index contributed by atoms with van der Waals surface area (Å²) >= 11 is 9.10. The van der Waals surface area contributed by atoms with Gasteiger partial charge < -0.3 is 8.85 Å². The fourth-order valence-corrected chi connectivity index (χ4v) is 4.18. The molecule has 0 saturated carbocycles. The number of alkyl halides is 2. The van der Waals surface area contributed by atoms with Crippen molar-refractivity contribution in [3.63, 3.8) is 0 Å². The lowest BCUT2D eigenvalue weighted by molar-refractivity contribution is 0.160. The minimum absolute atomic E-state index is 0.677. The predicted octanol–water partition coefficient (Wildman–Crippen LogP) is 3.44. The van der Waals surface area contributed by atoms with E-state index in [-0.39, 0.29) is 0 Å². The second-order valence-electron chi connectivity index (χ2n) is 2.83. The van der Waals surface area contributed by atoms with E-state index in [0.717, 1.165) is 6.04 Å². The van der Waals surface area contributed by atoms with E-state index >= 15 is 0 Å². The van der Waals surface area contributed by atoms with Gasteiger partial charge in [-0.2, -0.15) is 0 Å². The fraction of sp³-hybridized carbons (Fsp3) is 1.00. The summed E-state index contributed by atoms with van der Waals surface area (Å²) in [6.45, 7) is 8.46. The first-order valence-electron chi connectivity index (χ1n) is 4.05. The van der Waals surface area contributed by atoms with Gasteiger partial charge in [0.25, 0.3) is 0 Å². The van der Waals surface area contributed by atoms with Crippen molar-refractivity contribution >= 4 is 36.1 Å². The van der Waals surface area contributed by atoms with Crippen LogP contribution in [0.25, 0.3) is 0 Å². The van der Waals surface area contributed by atoms with Gasteiger partial charge in [-0.05, 0) is 42.4 Å². The third kappa shape index (κ3) is 5.53. The standard InChI is InChI=1S/C7H16BrClO2Si/c1-5-10-12(4,6-2)11-7(3,8)9/h5-6H2,1-4H3. The molecule has 0 aliphatic heterocycles. The normalized spacial score (nSPS) is 21.5. The molecule has 74 valence electrons. The lowest BCUT2D eigenvalue weighted by Crippen LogP contribution is -2.42. The summed E-state index contributed by atoms with van der Waals surface area (Å²) in [7, 11) is -2.04. The predicted molar refractivity (Wildman–Crippen MR) is 58.0 cm³/mol. The van der Waals surface area contributed by atoms with Crippen LogP contribution in [0.15, 0.2) is 0 Å². The molecule has 0 spiro atoms. The largest absolute Gasteiger partial charge is 0.395 e. The molecule has 0 amide bonds. The van der Waals surface area contributed by atoms with E-state index in [1.807, 2.05) is 13.5 Å². The molecule has 0 saturated heterocycles. The zero-order valence-electron chi connectivity index (χ0n) is 7.99. The van der Waals surface area contributed by atoms with E-state index in [2.05, 4.69) is 22.9 Å². The number of hydrogen-bond donors (Lipinski definition) is 0. The molecule has 12 heavy (non-hydrogen) atoms. The summed E-state index contributed by atoms with van der Waals surface area (Å²) in [5, 5.41) is 0. The van der Waals surface area contributed by atoms with Crippen LogP contribution in [0.5, 0.6) is 0 Å². The summed E-state index contributed by atoms with van der Waals surface area (Å²) in [6.07, 6.45) is 0. The van der Waals surface area contributed by atoms with E-state index in [9.17, 15) is 0 Å². The van der Waals surface area contributed by atoms with Crippen molar-refractivity contribution < 1.29 is 8.85 Å². The highest BCUT2D eigenvalue weighted by atomic mass is 79.9. The third-order valence-electron chi connectivity index (χ3n) is 1.49. The van der Waals surface area contributed by atoms with Crippen LogP contribution in [0.4, 0.5) is 0 Å². The van der Waals surface area contributed by atoms with Gasteiger partial charge in [0.15, 0.2) is 3.97 Å². The van der Waals surface area contributed by atoms with Crippen LogP contribution >= 0.6 is 27.5 Å². The highest BCUT2D eigenvalue weighted by Gasteiger charge is 2.35. The molecule has 0 aliphatic rings. The Hall–Kier alpha value is 0.907. The second kappa shape index (κ2) is 4.96. The lowest BCUT2D eigenvalue weighted by atomic mass is 10.9. The first-order valence-corrected chi connectivity index (χ1v) is 7.74. The number of hydrogen-bond acceptors (Lipinski definition) is 2. The first-order chi connectivity index (χ1) is 5.33. The Kier molecular flexibility index (Phi) is 5.33. The van der Waals surface area contributed by atoms with E-state index < -0.39 is 12.5 Å². The van der Waals surface area contributed by atoms with Gasteiger partial charge in [0.2, 0.25) is 0 Å². The SMILES string of the molecule is CCO[Si](C)(CC)OC(C)(Cl)Br. The summed E-state index contributed by atoms with van der Waals surface area (Å²) in [6, 6.07) is 0.898. The lowest BCUT2D eigenvalue weighted by Gasteiger charge is -2.30. The first kappa shape index (κ1) is 12.9. The van der Waals surface area contributed by atoms with Crippen molar-refractivity contribution in [1.82, 2.24) is 0 Å². The van der Waals surface area contributed by atoms with E-state index in [0.29, 0.717) is 6.61 Å². The van der Waals surface area contributed by atoms with E-state index in [1.165, 1.54) is 0 Å². The molecule has 0 rings (SSSR count). The van der Waals surface area contributed by atoms with Gasteiger partial charge in [-0.3, -0.25) is 0 Å². The molecular formula is C7H16BrClO2Si. The molecule has 0 radical (unpaired) electrons. The molecule has 0 N–H and O–H groups in total. The Morgan fingerprint density at radius 3 is 2.25 bits per heavy atom. The van der Waals surface area contributed by atoms with Crippen molar-refractivity contribution in [1.29, 1.82) is 0 Å². The van der Waals surface area contributed by atoms with Crippen molar-refractivity contribution in [2.75, 3.05) is 6.61 Å². The van der Waals surface area contributed by atoms with Gasteiger partial charge in [0, 0.05) is 6.61 Å². The monoisotopic (exact) mass is 274 g/mol. The Bertz CT molecular complexity index is 140. The highest BCUT2D eigenvalue weighted by molar-refractivity contribution is 9.10. The molecule has 0 aromatic heterocycles. The van der Waals surface area contributed by atoms with Gasteiger partial charge in [-0.25, -0.2) is 0 Å². The molecule has 0 aliphatic carbocycles. The van der Waals surface area contributed by atoms with E-state index in [1.54, 1.807) is 6.92 Å². The Morgan fingerprint density at radius 2 is 2.00 bits per heavy atom. The average Bonchev–Trinajstić information content (AvgIpc) is 1.84. The van der Waals surface area contributed by atoms with Gasteiger partial charge in [-0.15, -0.1) is 0 Å². The number of halogens is 2. The Morgan fingerprint density at radius 1 is 1.50 bits per heavy atom. The van der Waals surface area contributed by atoms with E-state index in [4.69, 9.17) is 20.5 Å². The Balaban J connectivity index is 4.14. The maximum absolute atomic E-state index is 5.88. The second-order valence-corrected chi connectivity index (χ2v) is 8.99. The van der Waals surface area contributed by atoms with Crippen molar-refractivity contribution in [2.45, 2.75) is 37.3 Å². The van der Waals surface area contributed by atoms with Crippen LogP contribution in [0.3, 0.4) is 0 Å². The quantitative estimate of drug-likeness (QED) is 0.565. The maximum atomic E-state index is 5.88. The van der Waals surface area contributed by atoms with Gasteiger partial charge >= 0.3 is 8.56 Å². The maximum Gasteiger partial charge on any atom is 0.336 e. The minimum atomic E-state index is -2.04. The molecule has 0 bridgehead atoms. The zero-order chi connectivity index (χ0) is 9.83. The topological polar surface area (TPSA) is 18.5 Å². The smallest absolute Gasteiger partial charge is 0.336 e. The molecule has 0 fully saturated rings. The average molecular weight is 276 g/mol. The highest BCUT2D eigenvalue weighted by Crippen LogP contribution is 2.30. The van der Waals surface area contributed by atoms with Crippen molar-refractivity contribution in [3.8, 4) is 0 Å². The van der Waals surface area contributed by atoms with Crippen molar-refractivity contribution in [3.05, 3.63) is 0 Å². The third-order valence-corrected chi connectivity index (χ3v) is 5.18. The van der Waals surface area contributed by atoms with Gasteiger partial charge in [-0.1, -0.05) is 18.5 Å². The van der Waals surface area contributed by atoms with Crippen molar-refractivity contribution in [2.24, 2.45) is 0 Å². The van der Waals surface area contributed by atoms with Crippen LogP contribution < -0.4 is 0 Å². The summed E-state index contributed by atoms with van der Waals surface area (Å²) in [5.41, 5.74) is 0. The molecule has 0 heterocycles. The number of rotatable bonds is 5. The molecule has 2 nitrogen and oxygen atoms in total. The summed E-state index contributed by atoms with van der Waals surface area (Å²) < 4.78 is 10.4. The Labute approximate surface area is 89.0 Å². The van der Waals surface area contributed by atoms with Crippen LogP contribution in [0.1, 0.15) is 20.8 Å². The summed E-state index contributed by atoms with van der Waals surface area (Å²) in [5.74, 6) is 0. The van der Waals surface area contributed by atoms with Crippen LogP contribution in [0, 0.1) is 0 Å². The molecule has 0 aromatic carbocycles. The molecule has 2 atom stereocenters. The fourth-order valence-electron chi connectivity index (χ4n) is 0.888. The van der Waals surface area contributed by atoms with Gasteiger partial charge in [0.1, 0.15) is 0 Å². The van der Waals surface area contributed by atoms with Crippen LogP contribution in [-0.2, 0) is 8.85 Å². The zero-order valence-corrected chi connectivity index (χ0v) is 11.3.